The van der Waals surface area contributed by atoms with Crippen molar-refractivity contribution in [2.45, 2.75) is 4.90 Å². The van der Waals surface area contributed by atoms with Gasteiger partial charge in [0.05, 0.1) is 19.1 Å². The molecule has 25 heavy (non-hydrogen) atoms. The second-order valence-corrected chi connectivity index (χ2v) is 9.78. The fourth-order valence-electron chi connectivity index (χ4n) is 2.64. The van der Waals surface area contributed by atoms with Crippen LogP contribution in [0.2, 0.25) is 0 Å². The summed E-state index contributed by atoms with van der Waals surface area (Å²) in [5.41, 5.74) is 0.129. The summed E-state index contributed by atoms with van der Waals surface area (Å²) in [4.78, 5) is 14.7. The summed E-state index contributed by atoms with van der Waals surface area (Å²) >= 11 is 4.69. The first kappa shape index (κ1) is 18.1. The largest absolute Gasteiger partial charge is 0.335 e. The van der Waals surface area contributed by atoms with E-state index in [1.54, 1.807) is 23.1 Å². The van der Waals surface area contributed by atoms with Crippen LogP contribution >= 0.6 is 27.3 Å². The van der Waals surface area contributed by atoms with E-state index in [-0.39, 0.29) is 29.5 Å². The second kappa shape index (κ2) is 7.25. The number of rotatable bonds is 3. The number of sulfonamides is 1. The monoisotopic (exact) mass is 439 g/mol. The summed E-state index contributed by atoms with van der Waals surface area (Å²) in [6, 6.07) is 11.6. The molecule has 0 bridgehead atoms. The predicted octanol–water partition coefficient (Wildman–Crippen LogP) is 2.53. The highest BCUT2D eigenvalue weighted by Gasteiger charge is 2.32. The van der Waals surface area contributed by atoms with Crippen molar-refractivity contribution < 1.29 is 13.2 Å². The highest BCUT2D eigenvalue weighted by Crippen LogP contribution is 2.25. The van der Waals surface area contributed by atoms with Crippen molar-refractivity contribution >= 4 is 43.2 Å². The number of carbonyl (C=O) groups excluding carboxylic acids is 1. The fourth-order valence-corrected chi connectivity index (χ4v) is 5.56. The van der Waals surface area contributed by atoms with Gasteiger partial charge in [0.2, 0.25) is 10.0 Å². The molecule has 3 rings (SSSR count). The van der Waals surface area contributed by atoms with E-state index in [2.05, 4.69) is 15.9 Å². The maximum atomic E-state index is 12.8. The van der Waals surface area contributed by atoms with Crippen LogP contribution in [0.15, 0.2) is 45.1 Å². The minimum absolute atomic E-state index is 0.0134. The van der Waals surface area contributed by atoms with Gasteiger partial charge in [-0.1, -0.05) is 12.1 Å². The number of nitriles is 1. The first-order chi connectivity index (χ1) is 11.9. The van der Waals surface area contributed by atoms with Gasteiger partial charge in [-0.05, 0) is 40.2 Å². The van der Waals surface area contributed by atoms with Crippen molar-refractivity contribution in [2.24, 2.45) is 0 Å². The number of hydrogen-bond donors (Lipinski definition) is 0. The van der Waals surface area contributed by atoms with Crippen LogP contribution in [0.4, 0.5) is 0 Å². The third-order valence-electron chi connectivity index (χ3n) is 3.94. The summed E-state index contributed by atoms with van der Waals surface area (Å²) in [5, 5.41) is 9.13. The predicted molar refractivity (Wildman–Crippen MR) is 97.8 cm³/mol. The van der Waals surface area contributed by atoms with Gasteiger partial charge in [0.15, 0.2) is 0 Å². The number of nitrogens with zero attached hydrogens (tertiary/aromatic N) is 3. The lowest BCUT2D eigenvalue weighted by Gasteiger charge is -2.33. The molecule has 1 aromatic heterocycles. The van der Waals surface area contributed by atoms with Gasteiger partial charge < -0.3 is 4.90 Å². The second-order valence-electron chi connectivity index (χ2n) is 5.41. The van der Waals surface area contributed by atoms with Gasteiger partial charge in [0, 0.05) is 26.2 Å². The van der Waals surface area contributed by atoms with E-state index >= 15 is 0 Å². The van der Waals surface area contributed by atoms with Gasteiger partial charge >= 0.3 is 0 Å². The number of amides is 1. The average molecular weight is 440 g/mol. The molecule has 1 aromatic carbocycles. The van der Waals surface area contributed by atoms with Crippen molar-refractivity contribution in [3.63, 3.8) is 0 Å². The average Bonchev–Trinajstić information content (AvgIpc) is 3.07. The van der Waals surface area contributed by atoms with E-state index < -0.39 is 10.0 Å². The lowest BCUT2D eigenvalue weighted by Crippen LogP contribution is -2.50. The van der Waals surface area contributed by atoms with Crippen molar-refractivity contribution in [1.29, 1.82) is 5.26 Å². The van der Waals surface area contributed by atoms with Crippen molar-refractivity contribution in [2.75, 3.05) is 26.2 Å². The third kappa shape index (κ3) is 3.62. The Morgan fingerprint density at radius 1 is 1.12 bits per heavy atom. The minimum atomic E-state index is -3.75. The molecule has 2 heterocycles. The first-order valence-electron chi connectivity index (χ1n) is 7.47. The molecule has 0 N–H and O–H groups in total. The van der Waals surface area contributed by atoms with Gasteiger partial charge in [-0.3, -0.25) is 4.79 Å². The highest BCUT2D eigenvalue weighted by molar-refractivity contribution is 9.11. The molecule has 1 aliphatic heterocycles. The van der Waals surface area contributed by atoms with Crippen LogP contribution in [0.25, 0.3) is 0 Å². The SMILES string of the molecule is N#Cc1ccccc1S(=O)(=O)N1CCN(C(=O)c2ccc(Br)s2)CC1. The molecular formula is C16H14BrN3O3S2. The summed E-state index contributed by atoms with van der Waals surface area (Å²) < 4.78 is 27.8. The first-order valence-corrected chi connectivity index (χ1v) is 10.5. The Balaban J connectivity index is 1.74. The van der Waals surface area contributed by atoms with Crippen LogP contribution in [0.1, 0.15) is 15.2 Å². The zero-order chi connectivity index (χ0) is 18.0. The van der Waals surface area contributed by atoms with Crippen LogP contribution in [0, 0.1) is 11.3 Å². The normalized spacial score (nSPS) is 15.8. The van der Waals surface area contributed by atoms with Crippen LogP contribution < -0.4 is 0 Å². The number of thiophene rings is 1. The van der Waals surface area contributed by atoms with Gasteiger partial charge in [-0.15, -0.1) is 11.3 Å². The molecule has 0 spiro atoms. The summed E-state index contributed by atoms with van der Waals surface area (Å²) in [7, 11) is -3.75. The van der Waals surface area contributed by atoms with Crippen molar-refractivity contribution in [1.82, 2.24) is 9.21 Å². The quantitative estimate of drug-likeness (QED) is 0.735. The highest BCUT2D eigenvalue weighted by atomic mass is 79.9. The lowest BCUT2D eigenvalue weighted by molar-refractivity contribution is 0.0703. The maximum absolute atomic E-state index is 12.8. The van der Waals surface area contributed by atoms with Gasteiger partial charge in [0.1, 0.15) is 6.07 Å². The molecule has 1 fully saturated rings. The molecule has 2 aromatic rings. The van der Waals surface area contributed by atoms with E-state index in [4.69, 9.17) is 5.26 Å². The fraction of sp³-hybridized carbons (Fsp3) is 0.250. The van der Waals surface area contributed by atoms with E-state index in [1.165, 1.54) is 27.8 Å². The Kier molecular flexibility index (Phi) is 5.24. The van der Waals surface area contributed by atoms with Crippen LogP contribution in [-0.4, -0.2) is 49.7 Å². The van der Waals surface area contributed by atoms with E-state index in [9.17, 15) is 13.2 Å². The lowest BCUT2D eigenvalue weighted by atomic mass is 10.2. The van der Waals surface area contributed by atoms with E-state index in [1.807, 2.05) is 12.1 Å². The molecule has 9 heteroatoms. The van der Waals surface area contributed by atoms with E-state index in [0.717, 1.165) is 3.79 Å². The summed E-state index contributed by atoms with van der Waals surface area (Å²) in [5.74, 6) is -0.0924. The Morgan fingerprint density at radius 3 is 2.40 bits per heavy atom. The topological polar surface area (TPSA) is 81.5 Å². The smallest absolute Gasteiger partial charge is 0.264 e. The third-order valence-corrected chi connectivity index (χ3v) is 7.50. The molecular weight excluding hydrogens is 426 g/mol. The zero-order valence-electron chi connectivity index (χ0n) is 13.1. The van der Waals surface area contributed by atoms with Crippen molar-refractivity contribution in [3.8, 4) is 6.07 Å². The molecule has 0 radical (unpaired) electrons. The number of piperazine rings is 1. The van der Waals surface area contributed by atoms with Crippen LogP contribution in [-0.2, 0) is 10.0 Å². The van der Waals surface area contributed by atoms with Crippen molar-refractivity contribution in [3.05, 3.63) is 50.6 Å². The Labute approximate surface area is 158 Å². The Bertz CT molecular complexity index is 942. The van der Waals surface area contributed by atoms with Gasteiger partial charge in [0.25, 0.3) is 5.91 Å². The van der Waals surface area contributed by atoms with Gasteiger partial charge in [-0.2, -0.15) is 9.57 Å². The van der Waals surface area contributed by atoms with Gasteiger partial charge in [-0.25, -0.2) is 8.42 Å². The number of carbonyl (C=O) groups is 1. The summed E-state index contributed by atoms with van der Waals surface area (Å²) in [6.45, 7) is 1.06. The maximum Gasteiger partial charge on any atom is 0.264 e. The standard InChI is InChI=1S/C16H14BrN3O3S2/c17-15-6-5-13(24-15)16(21)19-7-9-20(10-8-19)25(22,23)14-4-2-1-3-12(14)11-18/h1-6H,7-10H2. The minimum Gasteiger partial charge on any atom is -0.335 e. The molecule has 1 saturated heterocycles. The Hall–Kier alpha value is -1.73. The van der Waals surface area contributed by atoms with Crippen LogP contribution in [0.3, 0.4) is 0 Å². The zero-order valence-corrected chi connectivity index (χ0v) is 16.3. The molecule has 0 atom stereocenters. The van der Waals surface area contributed by atoms with Crippen LogP contribution in [0.5, 0.6) is 0 Å². The Morgan fingerprint density at radius 2 is 1.80 bits per heavy atom. The van der Waals surface area contributed by atoms with E-state index in [0.29, 0.717) is 18.0 Å². The molecule has 1 aliphatic rings. The number of hydrogen-bond acceptors (Lipinski definition) is 5. The molecule has 0 unspecified atom stereocenters. The number of halogens is 1. The number of benzene rings is 1. The molecule has 6 nitrogen and oxygen atoms in total. The molecule has 0 saturated carbocycles. The molecule has 130 valence electrons. The summed E-state index contributed by atoms with van der Waals surface area (Å²) in [6.07, 6.45) is 0. The molecule has 0 aliphatic carbocycles. The molecule has 1 amide bonds.